The third-order valence-corrected chi connectivity index (χ3v) is 5.30. The van der Waals surface area contributed by atoms with Crippen LogP contribution >= 0.6 is 0 Å². The Morgan fingerprint density at radius 2 is 1.68 bits per heavy atom. The van der Waals surface area contributed by atoms with Crippen molar-refractivity contribution in [3.63, 3.8) is 0 Å². The number of hydrogen-bond acceptors (Lipinski definition) is 5. The van der Waals surface area contributed by atoms with Gasteiger partial charge < -0.3 is 20.3 Å². The molecule has 2 saturated carbocycles. The summed E-state index contributed by atoms with van der Waals surface area (Å²) >= 11 is 0. The van der Waals surface area contributed by atoms with E-state index in [9.17, 15) is 14.4 Å². The van der Waals surface area contributed by atoms with E-state index in [0.29, 0.717) is 24.3 Å². The topological polar surface area (TPSA) is 116 Å². The number of hydrogen-bond donors (Lipinski definition) is 3. The number of nitrogens with one attached hydrogen (secondary N) is 1. The van der Waals surface area contributed by atoms with Crippen LogP contribution in [-0.4, -0.2) is 63.9 Å². The number of aliphatic carboxylic acids is 2. The number of carboxylic acid groups (broad SMARTS) is 2. The third kappa shape index (κ3) is 3.89. The molecule has 2 heterocycles. The van der Waals surface area contributed by atoms with Crippen LogP contribution in [0.3, 0.4) is 0 Å². The van der Waals surface area contributed by atoms with Gasteiger partial charge in [0, 0.05) is 6.54 Å². The molecule has 1 amide bonds. The monoisotopic (exact) mass is 354 g/mol. The second-order valence-electron chi connectivity index (χ2n) is 8.46. The van der Waals surface area contributed by atoms with Gasteiger partial charge in [-0.2, -0.15) is 0 Å². The van der Waals surface area contributed by atoms with Crippen LogP contribution in [0.2, 0.25) is 0 Å². The van der Waals surface area contributed by atoms with Crippen molar-refractivity contribution in [2.75, 3.05) is 13.1 Å². The van der Waals surface area contributed by atoms with Crippen LogP contribution in [0.5, 0.6) is 0 Å². The van der Waals surface area contributed by atoms with Crippen molar-refractivity contribution in [1.82, 2.24) is 10.2 Å². The summed E-state index contributed by atoms with van der Waals surface area (Å²) < 4.78 is 5.19. The van der Waals surface area contributed by atoms with E-state index in [1.54, 1.807) is 20.8 Å². The quantitative estimate of drug-likeness (QED) is 0.677. The Kier molecular flexibility index (Phi) is 4.43. The maximum atomic E-state index is 11.8. The van der Waals surface area contributed by atoms with Crippen LogP contribution in [-0.2, 0) is 14.3 Å². The van der Waals surface area contributed by atoms with Crippen LogP contribution in [0.4, 0.5) is 4.79 Å². The number of nitrogens with zero attached hydrogens (tertiary/aromatic N) is 1. The smallest absolute Gasteiger partial charge is 0.411 e. The fourth-order valence-electron chi connectivity index (χ4n) is 3.90. The van der Waals surface area contributed by atoms with Gasteiger partial charge in [0.15, 0.2) is 0 Å². The lowest BCUT2D eigenvalue weighted by Crippen LogP contribution is -2.45. The van der Waals surface area contributed by atoms with E-state index in [4.69, 9.17) is 14.9 Å². The van der Waals surface area contributed by atoms with E-state index in [-0.39, 0.29) is 12.0 Å². The van der Waals surface area contributed by atoms with Crippen LogP contribution < -0.4 is 5.32 Å². The first-order valence-corrected chi connectivity index (χ1v) is 8.77. The number of amides is 1. The average molecular weight is 354 g/mol. The molecular formula is C17H26N2O6. The predicted molar refractivity (Wildman–Crippen MR) is 87.0 cm³/mol. The van der Waals surface area contributed by atoms with Gasteiger partial charge in [-0.3, -0.25) is 9.69 Å². The fourth-order valence-corrected chi connectivity index (χ4v) is 3.90. The average Bonchev–Trinajstić information content (AvgIpc) is 3.34. The molecule has 2 aliphatic carbocycles. The van der Waals surface area contributed by atoms with E-state index in [1.165, 1.54) is 4.90 Å². The van der Waals surface area contributed by atoms with Gasteiger partial charge in [-0.1, -0.05) is 0 Å². The summed E-state index contributed by atoms with van der Waals surface area (Å²) in [5.74, 6) is 0.0584. The summed E-state index contributed by atoms with van der Waals surface area (Å²) in [7, 11) is 0. The summed E-state index contributed by atoms with van der Waals surface area (Å²) in [5, 5.41) is 20.6. The molecule has 6 atom stereocenters. The van der Waals surface area contributed by atoms with E-state index < -0.39 is 29.7 Å². The number of fused-ring (bicyclic) bond motifs is 2. The minimum absolute atomic E-state index is 0.144. The summed E-state index contributed by atoms with van der Waals surface area (Å²) in [6.07, 6.45) is 1.55. The molecule has 2 saturated heterocycles. The van der Waals surface area contributed by atoms with Gasteiger partial charge >= 0.3 is 18.0 Å². The molecule has 0 aromatic carbocycles. The summed E-state index contributed by atoms with van der Waals surface area (Å²) in [4.78, 5) is 34.6. The van der Waals surface area contributed by atoms with Gasteiger partial charge in [0.05, 0.1) is 0 Å². The SMILES string of the molecule is CC(C)(C)OC(=O)N1CC2C[C@@H]2[C@@H]1C(=O)O.O=C(O)[C@@H]1NCC2C[C@@H]21. The lowest BCUT2D eigenvalue weighted by Gasteiger charge is -2.28. The highest BCUT2D eigenvalue weighted by Gasteiger charge is 2.58. The standard InChI is InChI=1S/C11H17NO4.C6H9NO2/c1-11(2,3)16-10(15)12-5-6-4-7(6)8(12)9(13)14;8-6(9)5-4-1-3(4)2-7-5/h6-8H,4-5H2,1-3H3,(H,13,14);3-5,7H,1-2H2,(H,8,9)/t6?,7-,8+;3?,4-,5+/m00/s1. The number of carbonyl (C=O) groups excluding carboxylic acids is 1. The highest BCUT2D eigenvalue weighted by molar-refractivity contribution is 5.82. The van der Waals surface area contributed by atoms with Crippen molar-refractivity contribution in [2.24, 2.45) is 23.7 Å². The number of rotatable bonds is 2. The summed E-state index contributed by atoms with van der Waals surface area (Å²) in [6.45, 7) is 6.77. The Hall–Kier alpha value is -1.83. The number of piperidine rings is 2. The van der Waals surface area contributed by atoms with Crippen LogP contribution in [0, 0.1) is 23.7 Å². The molecule has 2 unspecified atom stereocenters. The predicted octanol–water partition coefficient (Wildman–Crippen LogP) is 1.01. The first-order chi connectivity index (χ1) is 11.6. The van der Waals surface area contributed by atoms with Crippen molar-refractivity contribution < 1.29 is 29.3 Å². The molecule has 8 nitrogen and oxygen atoms in total. The van der Waals surface area contributed by atoms with Gasteiger partial charge in [0.2, 0.25) is 0 Å². The first-order valence-electron chi connectivity index (χ1n) is 8.77. The molecule has 25 heavy (non-hydrogen) atoms. The summed E-state index contributed by atoms with van der Waals surface area (Å²) in [6, 6.07) is -0.908. The molecule has 0 radical (unpaired) electrons. The molecule has 0 aromatic heterocycles. The Morgan fingerprint density at radius 3 is 2.08 bits per heavy atom. The zero-order valence-electron chi connectivity index (χ0n) is 14.8. The molecule has 8 heteroatoms. The van der Waals surface area contributed by atoms with Crippen molar-refractivity contribution in [1.29, 1.82) is 0 Å². The molecule has 2 aliphatic heterocycles. The molecule has 4 rings (SSSR count). The Bertz CT molecular complexity index is 586. The van der Waals surface area contributed by atoms with Crippen LogP contribution in [0.1, 0.15) is 33.6 Å². The van der Waals surface area contributed by atoms with E-state index in [2.05, 4.69) is 5.32 Å². The lowest BCUT2D eigenvalue weighted by atomic mass is 10.2. The molecule has 4 aliphatic rings. The molecule has 0 spiro atoms. The number of carbonyl (C=O) groups is 3. The van der Waals surface area contributed by atoms with E-state index in [1.807, 2.05) is 0 Å². The highest BCUT2D eigenvalue weighted by atomic mass is 16.6. The third-order valence-electron chi connectivity index (χ3n) is 5.30. The molecule has 0 aromatic rings. The second-order valence-corrected chi connectivity index (χ2v) is 8.46. The number of carboxylic acids is 2. The van der Waals surface area contributed by atoms with Gasteiger partial charge in [0.1, 0.15) is 17.7 Å². The zero-order valence-corrected chi connectivity index (χ0v) is 14.8. The van der Waals surface area contributed by atoms with Crippen molar-refractivity contribution in [3.8, 4) is 0 Å². The molecule has 4 fully saturated rings. The van der Waals surface area contributed by atoms with Gasteiger partial charge in [0.25, 0.3) is 0 Å². The lowest BCUT2D eigenvalue weighted by molar-refractivity contribution is -0.143. The van der Waals surface area contributed by atoms with Gasteiger partial charge in [-0.25, -0.2) is 9.59 Å². The highest BCUT2D eigenvalue weighted by Crippen LogP contribution is 2.49. The number of likely N-dealkylation sites (tertiary alicyclic amines) is 1. The fraction of sp³-hybridized carbons (Fsp3) is 0.824. The second kappa shape index (κ2) is 6.16. The Morgan fingerprint density at radius 1 is 1.04 bits per heavy atom. The minimum atomic E-state index is -0.921. The Labute approximate surface area is 146 Å². The van der Waals surface area contributed by atoms with Crippen molar-refractivity contribution >= 4 is 18.0 Å². The number of ether oxygens (including phenoxy) is 1. The molecule has 0 bridgehead atoms. The minimum Gasteiger partial charge on any atom is -0.480 e. The van der Waals surface area contributed by atoms with E-state index in [0.717, 1.165) is 19.4 Å². The van der Waals surface area contributed by atoms with Gasteiger partial charge in [-0.15, -0.1) is 0 Å². The maximum absolute atomic E-state index is 11.8. The van der Waals surface area contributed by atoms with Crippen molar-refractivity contribution in [3.05, 3.63) is 0 Å². The molecule has 140 valence electrons. The molecular weight excluding hydrogens is 328 g/mol. The van der Waals surface area contributed by atoms with Crippen LogP contribution in [0.25, 0.3) is 0 Å². The first kappa shape index (κ1) is 18.0. The largest absolute Gasteiger partial charge is 0.480 e. The van der Waals surface area contributed by atoms with Gasteiger partial charge in [-0.05, 0) is 63.8 Å². The Balaban J connectivity index is 0.000000170. The van der Waals surface area contributed by atoms with E-state index >= 15 is 0 Å². The zero-order chi connectivity index (χ0) is 18.5. The van der Waals surface area contributed by atoms with Crippen LogP contribution in [0.15, 0.2) is 0 Å². The summed E-state index contributed by atoms with van der Waals surface area (Å²) in [5.41, 5.74) is -0.576. The molecule has 3 N–H and O–H groups in total. The van der Waals surface area contributed by atoms with Crippen molar-refractivity contribution in [2.45, 2.75) is 51.3 Å². The maximum Gasteiger partial charge on any atom is 0.411 e. The normalized spacial score (nSPS) is 37.3.